The zero-order chi connectivity index (χ0) is 26.3. The van der Waals surface area contributed by atoms with Crippen LogP contribution in [0.2, 0.25) is 0 Å². The smallest absolute Gasteiger partial charge is 0.230 e. The maximum absolute atomic E-state index is 8.81. The topological polar surface area (TPSA) is 17.2 Å². The fourth-order valence-electron chi connectivity index (χ4n) is 6.07. The Kier molecular flexibility index (Phi) is 4.09. The molecule has 176 valence electrons. The van der Waals surface area contributed by atoms with Crippen LogP contribution in [0.1, 0.15) is 36.5 Å². The van der Waals surface area contributed by atoms with Crippen molar-refractivity contribution in [1.29, 1.82) is 0 Å². The first-order valence-electron chi connectivity index (χ1n) is 13.5. The van der Waals surface area contributed by atoms with E-state index in [0.29, 0.717) is 12.1 Å². The third kappa shape index (κ3) is 2.89. The van der Waals surface area contributed by atoms with Crippen LogP contribution in [0.15, 0.2) is 91.1 Å². The Labute approximate surface area is 214 Å². The Balaban J connectivity index is 1.48. The van der Waals surface area contributed by atoms with Crippen LogP contribution >= 0.6 is 0 Å². The molecule has 0 amide bonds. The molecule has 0 spiro atoms. The molecular weight excluding hydrogens is 440 g/mol. The maximum Gasteiger partial charge on any atom is 0.230 e. The van der Waals surface area contributed by atoms with Crippen molar-refractivity contribution in [3.05, 3.63) is 119 Å². The summed E-state index contributed by atoms with van der Waals surface area (Å²) in [4.78, 5) is 0. The van der Waals surface area contributed by atoms with Gasteiger partial charge in [0.15, 0.2) is 12.3 Å². The van der Waals surface area contributed by atoms with Crippen LogP contribution in [-0.4, -0.2) is 28.0 Å². The molecule has 0 N–H and O–H groups in total. The van der Waals surface area contributed by atoms with Crippen molar-refractivity contribution in [1.82, 2.24) is 4.57 Å². The standard InChI is InChI=1S/C33H29N2O/c1-20-18-21(2)22(3)27(19-20)31-33-26(16-17-34(31)4)25-12-9-15-30(32(25)36-33)35-28-13-7-5-10-23(28)24-11-6-8-14-29(24)35/h5-19,26,33H,1-4H3/q+1/i13D,14D. The zero-order valence-electron chi connectivity index (χ0n) is 23.0. The van der Waals surface area contributed by atoms with Gasteiger partial charge in [-0.3, -0.25) is 0 Å². The normalized spacial score (nSPS) is 19.3. The molecule has 36 heavy (non-hydrogen) atoms. The highest BCUT2D eigenvalue weighted by Gasteiger charge is 2.45. The zero-order valence-corrected chi connectivity index (χ0v) is 21.0. The molecule has 2 atom stereocenters. The van der Waals surface area contributed by atoms with E-state index in [1.165, 1.54) is 22.3 Å². The highest BCUT2D eigenvalue weighted by molar-refractivity contribution is 6.09. The van der Waals surface area contributed by atoms with Crippen LogP contribution < -0.4 is 4.74 Å². The summed E-state index contributed by atoms with van der Waals surface area (Å²) in [6.07, 6.45) is 4.22. The number of rotatable bonds is 2. The number of para-hydroxylation sites is 3. The van der Waals surface area contributed by atoms with Crippen molar-refractivity contribution in [2.75, 3.05) is 7.05 Å². The summed E-state index contributed by atoms with van der Waals surface area (Å²) in [5.74, 6) is 0.905. The Bertz CT molecular complexity index is 1820. The van der Waals surface area contributed by atoms with E-state index < -0.39 is 0 Å². The van der Waals surface area contributed by atoms with Gasteiger partial charge in [0.1, 0.15) is 12.8 Å². The third-order valence-corrected chi connectivity index (χ3v) is 7.86. The summed E-state index contributed by atoms with van der Waals surface area (Å²) in [6, 6.07) is 23.2. The lowest BCUT2D eigenvalue weighted by atomic mass is 9.85. The van der Waals surface area contributed by atoms with E-state index in [4.69, 9.17) is 7.48 Å². The lowest BCUT2D eigenvalue weighted by Crippen LogP contribution is -2.37. The van der Waals surface area contributed by atoms with Gasteiger partial charge >= 0.3 is 0 Å². The molecule has 3 nitrogen and oxygen atoms in total. The van der Waals surface area contributed by atoms with Crippen molar-refractivity contribution in [2.24, 2.45) is 0 Å². The van der Waals surface area contributed by atoms with Gasteiger partial charge in [0, 0.05) is 21.9 Å². The molecule has 0 saturated carbocycles. The highest BCUT2D eigenvalue weighted by atomic mass is 16.5. The number of hydrogen-bond acceptors (Lipinski definition) is 1. The van der Waals surface area contributed by atoms with Crippen LogP contribution in [0.5, 0.6) is 5.75 Å². The van der Waals surface area contributed by atoms with Gasteiger partial charge in [-0.15, -0.1) is 0 Å². The number of ether oxygens (including phenoxy) is 1. The first-order chi connectivity index (χ1) is 18.3. The molecule has 7 rings (SSSR count). The van der Waals surface area contributed by atoms with Gasteiger partial charge in [-0.1, -0.05) is 60.2 Å². The van der Waals surface area contributed by atoms with Crippen LogP contribution in [-0.2, 0) is 0 Å². The highest BCUT2D eigenvalue weighted by Crippen LogP contribution is 2.47. The molecule has 0 aliphatic carbocycles. The van der Waals surface area contributed by atoms with Gasteiger partial charge in [0.2, 0.25) is 5.71 Å². The second-order valence-corrected chi connectivity index (χ2v) is 10.1. The monoisotopic (exact) mass is 471 g/mol. The number of nitrogens with zero attached hydrogens (tertiary/aromatic N) is 2. The fourth-order valence-corrected chi connectivity index (χ4v) is 6.07. The van der Waals surface area contributed by atoms with Crippen LogP contribution in [0.25, 0.3) is 27.5 Å². The Morgan fingerprint density at radius 2 is 1.61 bits per heavy atom. The van der Waals surface area contributed by atoms with Gasteiger partial charge in [-0.2, -0.15) is 0 Å². The quantitative estimate of drug-likeness (QED) is 0.249. The predicted octanol–water partition coefficient (Wildman–Crippen LogP) is 7.21. The first-order valence-corrected chi connectivity index (χ1v) is 12.5. The predicted molar refractivity (Wildman–Crippen MR) is 148 cm³/mol. The lowest BCUT2D eigenvalue weighted by molar-refractivity contribution is -0.427. The molecule has 0 bridgehead atoms. The molecule has 2 aliphatic heterocycles. The van der Waals surface area contributed by atoms with Crippen molar-refractivity contribution >= 4 is 27.5 Å². The first kappa shape index (κ1) is 19.1. The summed E-state index contributed by atoms with van der Waals surface area (Å²) in [7, 11) is 2.10. The van der Waals surface area contributed by atoms with E-state index in [-0.39, 0.29) is 12.0 Å². The van der Waals surface area contributed by atoms with Gasteiger partial charge in [-0.25, -0.2) is 4.58 Å². The van der Waals surface area contributed by atoms with E-state index >= 15 is 0 Å². The molecule has 0 radical (unpaired) electrons. The van der Waals surface area contributed by atoms with E-state index in [2.05, 4.69) is 79.6 Å². The molecule has 2 aliphatic rings. The Morgan fingerprint density at radius 1 is 0.889 bits per heavy atom. The molecule has 0 fully saturated rings. The minimum Gasteiger partial charge on any atom is -0.476 e. The minimum atomic E-state index is -0.167. The van der Waals surface area contributed by atoms with Gasteiger partial charge in [-0.05, 0) is 62.2 Å². The number of benzene rings is 4. The minimum absolute atomic E-state index is 0.0791. The van der Waals surface area contributed by atoms with E-state index in [0.717, 1.165) is 44.5 Å². The molecule has 4 aromatic carbocycles. The third-order valence-electron chi connectivity index (χ3n) is 7.86. The van der Waals surface area contributed by atoms with Crippen molar-refractivity contribution < 1.29 is 12.1 Å². The molecule has 3 heterocycles. The van der Waals surface area contributed by atoms with Gasteiger partial charge in [0.25, 0.3) is 0 Å². The largest absolute Gasteiger partial charge is 0.476 e. The van der Waals surface area contributed by atoms with Crippen LogP contribution in [0.3, 0.4) is 0 Å². The summed E-state index contributed by atoms with van der Waals surface area (Å²) >= 11 is 0. The van der Waals surface area contributed by atoms with E-state index in [9.17, 15) is 0 Å². The molecular formula is C33H29N2O+. The van der Waals surface area contributed by atoms with Crippen molar-refractivity contribution in [2.45, 2.75) is 32.8 Å². The number of aromatic nitrogens is 1. The van der Waals surface area contributed by atoms with E-state index in [1.807, 2.05) is 36.4 Å². The van der Waals surface area contributed by atoms with Crippen LogP contribution in [0.4, 0.5) is 0 Å². The maximum atomic E-state index is 8.81. The summed E-state index contributed by atoms with van der Waals surface area (Å²) < 4.78 is 28.8. The second kappa shape index (κ2) is 7.69. The SMILES string of the molecule is [2H]c1cccc2c3cccc([2H])c3n(-c3cccc4c3OC3C(c5cc(C)cc(C)c5C)=[N+](C)C=CC43)c12. The van der Waals surface area contributed by atoms with E-state index in [1.54, 1.807) is 0 Å². The van der Waals surface area contributed by atoms with Crippen molar-refractivity contribution in [3.8, 4) is 11.4 Å². The molecule has 2 unspecified atom stereocenters. The molecule has 3 heteroatoms. The second-order valence-electron chi connectivity index (χ2n) is 10.1. The average Bonchev–Trinajstić information content (AvgIpc) is 3.44. The number of aryl methyl sites for hydroxylation is 2. The molecule has 5 aromatic rings. The van der Waals surface area contributed by atoms with Gasteiger partial charge in [0.05, 0.1) is 25.4 Å². The molecule has 1 aromatic heterocycles. The summed E-state index contributed by atoms with van der Waals surface area (Å²) in [5, 5.41) is 1.96. The summed E-state index contributed by atoms with van der Waals surface area (Å²) in [5.41, 5.74) is 9.78. The average molecular weight is 472 g/mol. The Morgan fingerprint density at radius 3 is 2.33 bits per heavy atom. The van der Waals surface area contributed by atoms with Crippen LogP contribution in [0, 0.1) is 20.8 Å². The number of fused-ring (bicyclic) bond motifs is 6. The lowest BCUT2D eigenvalue weighted by Gasteiger charge is -2.22. The number of hydrogen-bond donors (Lipinski definition) is 0. The van der Waals surface area contributed by atoms with Gasteiger partial charge < -0.3 is 9.30 Å². The molecule has 0 saturated heterocycles. The van der Waals surface area contributed by atoms with Crippen molar-refractivity contribution in [3.63, 3.8) is 0 Å². The summed E-state index contributed by atoms with van der Waals surface area (Å²) in [6.45, 7) is 6.51. The Hall–Kier alpha value is -4.11. The fraction of sp³-hybridized carbons (Fsp3) is 0.182.